The van der Waals surface area contributed by atoms with E-state index in [0.29, 0.717) is 17.5 Å². The van der Waals surface area contributed by atoms with Gasteiger partial charge in [-0.25, -0.2) is 15.0 Å². The second kappa shape index (κ2) is 10.6. The largest absolute Gasteiger partial charge is 0.455 e. The lowest BCUT2D eigenvalue weighted by atomic mass is 9.97. The van der Waals surface area contributed by atoms with Crippen LogP contribution in [0.1, 0.15) is 18.4 Å². The molecule has 0 fully saturated rings. The molecule has 4 heterocycles. The Hall–Kier alpha value is -5.75. The molecular formula is C37H25N5O. The van der Waals surface area contributed by atoms with Gasteiger partial charge in [-0.05, 0) is 43.2 Å². The van der Waals surface area contributed by atoms with Crippen molar-refractivity contribution in [3.05, 3.63) is 127 Å². The number of nitrogens with zero attached hydrogens (tertiary/aromatic N) is 5. The SMILES string of the molecule is C1=NC(c2cc(-c3ccccn3)c3oc4cccc(-c5nc(-c6ccccc6)nc(-c6ccccc6)n5)c4c3c2)=CCC1. The van der Waals surface area contributed by atoms with E-state index in [-0.39, 0.29) is 0 Å². The number of fused-ring (bicyclic) bond motifs is 3. The van der Waals surface area contributed by atoms with E-state index in [0.717, 1.165) is 74.0 Å². The molecule has 8 rings (SSSR count). The Morgan fingerprint density at radius 1 is 0.581 bits per heavy atom. The molecule has 0 unspecified atom stereocenters. The van der Waals surface area contributed by atoms with Gasteiger partial charge < -0.3 is 4.42 Å². The zero-order valence-corrected chi connectivity index (χ0v) is 23.2. The fraction of sp³-hybridized carbons (Fsp3) is 0.0541. The third-order valence-electron chi connectivity index (χ3n) is 7.64. The molecule has 0 radical (unpaired) electrons. The van der Waals surface area contributed by atoms with E-state index in [1.54, 1.807) is 6.20 Å². The topological polar surface area (TPSA) is 77.1 Å². The molecule has 0 aliphatic carbocycles. The fourth-order valence-corrected chi connectivity index (χ4v) is 5.61. The number of aliphatic imine (C=N–C) groups is 1. The molecule has 0 spiro atoms. The van der Waals surface area contributed by atoms with Gasteiger partial charge in [0.15, 0.2) is 17.5 Å². The summed E-state index contributed by atoms with van der Waals surface area (Å²) in [5, 5.41) is 1.91. The van der Waals surface area contributed by atoms with Crippen LogP contribution < -0.4 is 0 Å². The smallest absolute Gasteiger partial charge is 0.164 e. The van der Waals surface area contributed by atoms with Crippen LogP contribution >= 0.6 is 0 Å². The summed E-state index contributed by atoms with van der Waals surface area (Å²) in [6, 6.07) is 36.3. The first-order valence-electron chi connectivity index (χ1n) is 14.3. The Morgan fingerprint density at radius 2 is 1.30 bits per heavy atom. The van der Waals surface area contributed by atoms with Crippen LogP contribution in [0.5, 0.6) is 0 Å². The second-order valence-corrected chi connectivity index (χ2v) is 10.4. The molecule has 0 N–H and O–H groups in total. The molecule has 0 bridgehead atoms. The molecule has 7 aromatic rings. The molecule has 1 aliphatic rings. The van der Waals surface area contributed by atoms with Crippen molar-refractivity contribution in [2.45, 2.75) is 12.8 Å². The van der Waals surface area contributed by atoms with E-state index >= 15 is 0 Å². The molecule has 6 nitrogen and oxygen atoms in total. The molecule has 43 heavy (non-hydrogen) atoms. The average Bonchev–Trinajstić information content (AvgIpc) is 3.48. The van der Waals surface area contributed by atoms with Crippen LogP contribution in [0, 0.1) is 0 Å². The minimum Gasteiger partial charge on any atom is -0.455 e. The van der Waals surface area contributed by atoms with Crippen molar-refractivity contribution in [2.75, 3.05) is 0 Å². The molecule has 0 saturated heterocycles. The summed E-state index contributed by atoms with van der Waals surface area (Å²) < 4.78 is 6.60. The molecule has 0 saturated carbocycles. The predicted octanol–water partition coefficient (Wildman–Crippen LogP) is 9.04. The normalized spacial score (nSPS) is 13.0. The van der Waals surface area contributed by atoms with Crippen molar-refractivity contribution < 1.29 is 4.42 Å². The van der Waals surface area contributed by atoms with Crippen LogP contribution in [0.2, 0.25) is 0 Å². The van der Waals surface area contributed by atoms with Crippen LogP contribution in [-0.2, 0) is 0 Å². The lowest BCUT2D eigenvalue weighted by Gasteiger charge is -2.11. The Balaban J connectivity index is 1.42. The number of allylic oxidation sites excluding steroid dienone is 1. The van der Waals surface area contributed by atoms with E-state index in [4.69, 9.17) is 24.4 Å². The lowest BCUT2D eigenvalue weighted by Crippen LogP contribution is -2.00. The highest BCUT2D eigenvalue weighted by Gasteiger charge is 2.21. The minimum absolute atomic E-state index is 0.584. The maximum absolute atomic E-state index is 6.60. The van der Waals surface area contributed by atoms with Crippen LogP contribution in [0.4, 0.5) is 0 Å². The summed E-state index contributed by atoms with van der Waals surface area (Å²) in [5.41, 5.74) is 7.98. The number of rotatable bonds is 5. The van der Waals surface area contributed by atoms with Gasteiger partial charge in [-0.2, -0.15) is 0 Å². The minimum atomic E-state index is 0.584. The number of pyridine rings is 1. The monoisotopic (exact) mass is 555 g/mol. The lowest BCUT2D eigenvalue weighted by molar-refractivity contribution is 0.670. The van der Waals surface area contributed by atoms with Crippen molar-refractivity contribution in [1.29, 1.82) is 0 Å². The quantitative estimate of drug-likeness (QED) is 0.212. The number of aromatic nitrogens is 4. The molecule has 6 heteroatoms. The van der Waals surface area contributed by atoms with Crippen LogP contribution in [0.15, 0.2) is 131 Å². The predicted molar refractivity (Wildman–Crippen MR) is 172 cm³/mol. The summed E-state index contributed by atoms with van der Waals surface area (Å²) in [6.07, 6.45) is 7.89. The van der Waals surface area contributed by atoms with Gasteiger partial charge in [-0.15, -0.1) is 0 Å². The van der Waals surface area contributed by atoms with Gasteiger partial charge in [0.1, 0.15) is 11.2 Å². The molecule has 0 amide bonds. The Bertz CT molecular complexity index is 2110. The van der Waals surface area contributed by atoms with Gasteiger partial charge in [0.25, 0.3) is 0 Å². The summed E-state index contributed by atoms with van der Waals surface area (Å²) in [4.78, 5) is 24.3. The van der Waals surface area contributed by atoms with E-state index in [1.165, 1.54) is 0 Å². The van der Waals surface area contributed by atoms with Gasteiger partial charge in [0.2, 0.25) is 0 Å². The average molecular weight is 556 g/mol. The summed E-state index contributed by atoms with van der Waals surface area (Å²) >= 11 is 0. The Morgan fingerprint density at radius 3 is 1.98 bits per heavy atom. The van der Waals surface area contributed by atoms with Crippen molar-refractivity contribution in [2.24, 2.45) is 4.99 Å². The van der Waals surface area contributed by atoms with Gasteiger partial charge >= 0.3 is 0 Å². The number of benzene rings is 4. The Labute approximate surface area is 248 Å². The first-order chi connectivity index (χ1) is 21.3. The maximum atomic E-state index is 6.60. The van der Waals surface area contributed by atoms with Crippen molar-refractivity contribution in [3.63, 3.8) is 0 Å². The van der Waals surface area contributed by atoms with Crippen LogP contribution in [0.25, 0.3) is 73.1 Å². The van der Waals surface area contributed by atoms with Crippen LogP contribution in [-0.4, -0.2) is 26.2 Å². The van der Waals surface area contributed by atoms with Crippen molar-refractivity contribution >= 4 is 33.9 Å². The summed E-state index contributed by atoms with van der Waals surface area (Å²) in [7, 11) is 0. The number of furan rings is 1. The highest BCUT2D eigenvalue weighted by molar-refractivity contribution is 6.15. The first kappa shape index (κ1) is 25.0. The number of hydrogen-bond acceptors (Lipinski definition) is 6. The standard InChI is InChI=1S/C37H25N5O/c1-3-12-24(13-4-1)35-40-36(25-14-5-2-6-15-25)42-37(41-35)27-16-11-19-32-33(27)29-23-26(30-17-7-9-20-38-30)22-28(34(29)43-32)31-18-8-10-21-39-31/h1-6,8,10-23H,7,9H2. The first-order valence-corrected chi connectivity index (χ1v) is 14.3. The van der Waals surface area contributed by atoms with Gasteiger partial charge in [0.05, 0.1) is 11.4 Å². The van der Waals surface area contributed by atoms with Crippen LogP contribution in [0.3, 0.4) is 0 Å². The molecule has 3 aromatic heterocycles. The van der Waals surface area contributed by atoms with E-state index in [9.17, 15) is 0 Å². The highest BCUT2D eigenvalue weighted by atomic mass is 16.3. The summed E-state index contributed by atoms with van der Waals surface area (Å²) in [5.74, 6) is 1.82. The Kier molecular flexibility index (Phi) is 6.15. The second-order valence-electron chi connectivity index (χ2n) is 10.4. The maximum Gasteiger partial charge on any atom is 0.164 e. The zero-order valence-electron chi connectivity index (χ0n) is 23.2. The fourth-order valence-electron chi connectivity index (χ4n) is 5.61. The van der Waals surface area contributed by atoms with Crippen molar-refractivity contribution in [1.82, 2.24) is 19.9 Å². The zero-order chi connectivity index (χ0) is 28.6. The molecule has 0 atom stereocenters. The van der Waals surface area contributed by atoms with Gasteiger partial charge in [-0.3, -0.25) is 9.98 Å². The highest BCUT2D eigenvalue weighted by Crippen LogP contribution is 2.42. The number of hydrogen-bond donors (Lipinski definition) is 0. The third-order valence-corrected chi connectivity index (χ3v) is 7.64. The van der Waals surface area contributed by atoms with E-state index in [1.807, 2.05) is 97.2 Å². The van der Waals surface area contributed by atoms with Crippen molar-refractivity contribution in [3.8, 4) is 45.4 Å². The molecular weight excluding hydrogens is 530 g/mol. The summed E-state index contributed by atoms with van der Waals surface area (Å²) in [6.45, 7) is 0. The van der Waals surface area contributed by atoms with E-state index in [2.05, 4.69) is 29.3 Å². The molecule has 204 valence electrons. The molecule has 4 aromatic carbocycles. The van der Waals surface area contributed by atoms with Gasteiger partial charge in [0, 0.05) is 51.0 Å². The third kappa shape index (κ3) is 4.59. The molecule has 1 aliphatic heterocycles. The van der Waals surface area contributed by atoms with E-state index < -0.39 is 0 Å². The van der Waals surface area contributed by atoms with Gasteiger partial charge in [-0.1, -0.05) is 84.9 Å².